The Morgan fingerprint density at radius 1 is 1.21 bits per heavy atom. The van der Waals surface area contributed by atoms with E-state index in [4.69, 9.17) is 4.98 Å². The lowest BCUT2D eigenvalue weighted by Crippen LogP contribution is -1.88. The summed E-state index contributed by atoms with van der Waals surface area (Å²) < 4.78 is 1.24. The van der Waals surface area contributed by atoms with Crippen molar-refractivity contribution in [3.63, 3.8) is 0 Å². The molecule has 0 aliphatic heterocycles. The highest BCUT2D eigenvalue weighted by Crippen LogP contribution is 2.32. The Hall–Kier alpha value is -1.93. The van der Waals surface area contributed by atoms with Crippen LogP contribution in [0.2, 0.25) is 0 Å². The number of benzene rings is 2. The molecule has 1 nitrogen and oxygen atoms in total. The van der Waals surface area contributed by atoms with Crippen molar-refractivity contribution in [1.29, 1.82) is 0 Å². The van der Waals surface area contributed by atoms with E-state index in [9.17, 15) is 0 Å². The number of aromatic nitrogens is 1. The van der Waals surface area contributed by atoms with Gasteiger partial charge in [-0.1, -0.05) is 49.9 Å². The fourth-order valence-electron chi connectivity index (χ4n) is 2.23. The molecule has 2 heteroatoms. The second kappa shape index (κ2) is 4.98. The van der Waals surface area contributed by atoms with Gasteiger partial charge >= 0.3 is 0 Å². The summed E-state index contributed by atoms with van der Waals surface area (Å²) in [7, 11) is 0. The van der Waals surface area contributed by atoms with Crippen molar-refractivity contribution in [3.05, 3.63) is 60.2 Å². The zero-order valence-corrected chi connectivity index (χ0v) is 11.7. The number of hydrogen-bond donors (Lipinski definition) is 0. The van der Waals surface area contributed by atoms with Crippen LogP contribution in [0, 0.1) is 0 Å². The van der Waals surface area contributed by atoms with Crippen LogP contribution >= 0.6 is 11.3 Å². The normalized spacial score (nSPS) is 10.8. The van der Waals surface area contributed by atoms with Crippen LogP contribution in [0.15, 0.2) is 49.0 Å². The van der Waals surface area contributed by atoms with Crippen molar-refractivity contribution in [1.82, 2.24) is 4.98 Å². The first-order valence-corrected chi connectivity index (χ1v) is 7.24. The van der Waals surface area contributed by atoms with Gasteiger partial charge in [-0.25, -0.2) is 4.98 Å². The smallest absolute Gasteiger partial charge is 0.124 e. The molecule has 1 heterocycles. The van der Waals surface area contributed by atoms with E-state index in [1.54, 1.807) is 11.3 Å². The molecule has 3 rings (SSSR count). The third-order valence-corrected chi connectivity index (χ3v) is 4.34. The Labute approximate surface area is 117 Å². The molecule has 0 saturated carbocycles. The predicted octanol–water partition coefficient (Wildman–Crippen LogP) is 5.17. The van der Waals surface area contributed by atoms with Gasteiger partial charge in [-0.15, -0.1) is 11.3 Å². The fraction of sp³-hybridized carbons (Fsp3) is 0.118. The molecule has 19 heavy (non-hydrogen) atoms. The van der Waals surface area contributed by atoms with Gasteiger partial charge in [0.25, 0.3) is 0 Å². The van der Waals surface area contributed by atoms with Crippen LogP contribution in [0.25, 0.3) is 26.9 Å². The Morgan fingerprint density at radius 3 is 2.79 bits per heavy atom. The van der Waals surface area contributed by atoms with Gasteiger partial charge < -0.3 is 0 Å². The molecule has 0 unspecified atom stereocenters. The minimum absolute atomic E-state index is 1.01. The summed E-state index contributed by atoms with van der Waals surface area (Å²) in [4.78, 5) is 4.74. The van der Waals surface area contributed by atoms with E-state index < -0.39 is 0 Å². The van der Waals surface area contributed by atoms with Gasteiger partial charge in [0.05, 0.1) is 10.2 Å². The topological polar surface area (TPSA) is 12.9 Å². The summed E-state index contributed by atoms with van der Waals surface area (Å²) in [6, 6.07) is 14.8. The molecule has 0 amide bonds. The number of aryl methyl sites for hydroxylation is 1. The van der Waals surface area contributed by atoms with Crippen molar-refractivity contribution in [2.45, 2.75) is 13.3 Å². The molecule has 3 aromatic rings. The highest BCUT2D eigenvalue weighted by Gasteiger charge is 2.09. The van der Waals surface area contributed by atoms with E-state index in [2.05, 4.69) is 49.9 Å². The summed E-state index contributed by atoms with van der Waals surface area (Å²) in [5.41, 5.74) is 4.82. The maximum absolute atomic E-state index is 4.74. The third kappa shape index (κ3) is 2.20. The highest BCUT2D eigenvalue weighted by molar-refractivity contribution is 7.21. The van der Waals surface area contributed by atoms with E-state index in [1.165, 1.54) is 21.4 Å². The number of rotatable bonds is 3. The van der Waals surface area contributed by atoms with Crippen LogP contribution < -0.4 is 0 Å². The minimum Gasteiger partial charge on any atom is -0.236 e. The van der Waals surface area contributed by atoms with Crippen LogP contribution in [0.1, 0.15) is 18.1 Å². The van der Waals surface area contributed by atoms with E-state index in [0.29, 0.717) is 0 Å². The molecular formula is C17H15NS. The molecule has 1 aromatic heterocycles. The van der Waals surface area contributed by atoms with Crippen LogP contribution in [0.5, 0.6) is 0 Å². The average Bonchev–Trinajstić information content (AvgIpc) is 2.90. The van der Waals surface area contributed by atoms with Crippen molar-refractivity contribution in [3.8, 4) is 10.6 Å². The molecular weight excluding hydrogens is 250 g/mol. The van der Waals surface area contributed by atoms with Crippen molar-refractivity contribution in [2.24, 2.45) is 0 Å². The maximum Gasteiger partial charge on any atom is 0.124 e. The standard InChI is InChI=1S/C17H15NS/c1-3-12-9-10-14(13(4-2)11-12)17-18-15-7-5-6-8-16(15)19-17/h3,5-11H,1,4H2,2H3. The summed E-state index contributed by atoms with van der Waals surface area (Å²) in [6.07, 6.45) is 2.90. The number of fused-ring (bicyclic) bond motifs is 1. The number of para-hydroxylation sites is 1. The van der Waals surface area contributed by atoms with Gasteiger partial charge in [-0.3, -0.25) is 0 Å². The van der Waals surface area contributed by atoms with Crippen LogP contribution in [-0.4, -0.2) is 4.98 Å². The Bertz CT molecular complexity index is 707. The number of hydrogen-bond acceptors (Lipinski definition) is 2. The van der Waals surface area contributed by atoms with Gasteiger partial charge in [0.2, 0.25) is 0 Å². The van der Waals surface area contributed by atoms with E-state index in [1.807, 2.05) is 12.1 Å². The molecule has 2 aromatic carbocycles. The highest BCUT2D eigenvalue weighted by atomic mass is 32.1. The van der Waals surface area contributed by atoms with Gasteiger partial charge in [0.1, 0.15) is 5.01 Å². The zero-order valence-electron chi connectivity index (χ0n) is 10.9. The second-order valence-corrected chi connectivity index (χ2v) is 5.49. The SMILES string of the molecule is C=Cc1ccc(-c2nc3ccccc3s2)c(CC)c1. The molecule has 0 N–H and O–H groups in total. The lowest BCUT2D eigenvalue weighted by atomic mass is 10.0. The van der Waals surface area contributed by atoms with Gasteiger partial charge in [0, 0.05) is 5.56 Å². The first kappa shape index (κ1) is 12.1. The molecule has 0 atom stereocenters. The number of nitrogens with zero attached hydrogens (tertiary/aromatic N) is 1. The van der Waals surface area contributed by atoms with Gasteiger partial charge in [-0.05, 0) is 29.7 Å². The molecule has 0 saturated heterocycles. The molecule has 0 aliphatic rings. The van der Waals surface area contributed by atoms with Crippen molar-refractivity contribution >= 4 is 27.6 Å². The quantitative estimate of drug-likeness (QED) is 0.636. The van der Waals surface area contributed by atoms with E-state index in [-0.39, 0.29) is 0 Å². The summed E-state index contributed by atoms with van der Waals surface area (Å²) in [6.45, 7) is 6.01. The molecule has 94 valence electrons. The van der Waals surface area contributed by atoms with Crippen LogP contribution in [-0.2, 0) is 6.42 Å². The Morgan fingerprint density at radius 2 is 2.05 bits per heavy atom. The molecule has 0 aliphatic carbocycles. The summed E-state index contributed by atoms with van der Waals surface area (Å²) in [5.74, 6) is 0. The maximum atomic E-state index is 4.74. The second-order valence-electron chi connectivity index (χ2n) is 4.46. The van der Waals surface area contributed by atoms with Crippen molar-refractivity contribution in [2.75, 3.05) is 0 Å². The molecule has 0 radical (unpaired) electrons. The third-order valence-electron chi connectivity index (χ3n) is 3.27. The average molecular weight is 265 g/mol. The van der Waals surface area contributed by atoms with E-state index in [0.717, 1.165) is 16.9 Å². The van der Waals surface area contributed by atoms with Gasteiger partial charge in [-0.2, -0.15) is 0 Å². The first-order chi connectivity index (χ1) is 9.31. The molecule has 0 fully saturated rings. The van der Waals surface area contributed by atoms with Crippen LogP contribution in [0.4, 0.5) is 0 Å². The Balaban J connectivity index is 2.17. The summed E-state index contributed by atoms with van der Waals surface area (Å²) in [5, 5.41) is 1.11. The Kier molecular flexibility index (Phi) is 3.18. The monoisotopic (exact) mass is 265 g/mol. The lowest BCUT2D eigenvalue weighted by Gasteiger charge is -2.06. The molecule has 0 spiro atoms. The minimum atomic E-state index is 1.01. The summed E-state index contributed by atoms with van der Waals surface area (Å²) >= 11 is 1.76. The van der Waals surface area contributed by atoms with Gasteiger partial charge in [0.15, 0.2) is 0 Å². The fourth-order valence-corrected chi connectivity index (χ4v) is 3.26. The zero-order chi connectivity index (χ0) is 13.2. The van der Waals surface area contributed by atoms with E-state index >= 15 is 0 Å². The lowest BCUT2D eigenvalue weighted by molar-refractivity contribution is 1.14. The molecule has 0 bridgehead atoms. The predicted molar refractivity (Wildman–Crippen MR) is 84.5 cm³/mol. The first-order valence-electron chi connectivity index (χ1n) is 6.43. The van der Waals surface area contributed by atoms with Crippen molar-refractivity contribution < 1.29 is 0 Å². The number of thiazole rings is 1. The van der Waals surface area contributed by atoms with Crippen LogP contribution in [0.3, 0.4) is 0 Å². The largest absolute Gasteiger partial charge is 0.236 e.